The number of rotatable bonds is 8. The van der Waals surface area contributed by atoms with Crippen LogP contribution in [-0.2, 0) is 14.8 Å². The fraction of sp³-hybridized carbons (Fsp3) is 0.143. The second-order valence-corrected chi connectivity index (χ2v) is 11.3. The van der Waals surface area contributed by atoms with Gasteiger partial charge in [0, 0.05) is 17.0 Å². The summed E-state index contributed by atoms with van der Waals surface area (Å²) in [5.41, 5.74) is 7.03. The second kappa shape index (κ2) is 11.4. The third-order valence-electron chi connectivity index (χ3n) is 5.98. The molecule has 0 saturated heterocycles. The average molecular weight is 570 g/mol. The topological polar surface area (TPSA) is 83.8 Å². The maximum atomic E-state index is 13.4. The SMILES string of the molecule is Cc1ccc(N(CC(=O)N/N=C/c2cc(C)n(-c3cccc(Cl)c3Cl)c2C)S(=O)(=O)c2ccccc2)cc1. The van der Waals surface area contributed by atoms with Gasteiger partial charge in [0.2, 0.25) is 0 Å². The lowest BCUT2D eigenvalue weighted by molar-refractivity contribution is -0.119. The highest BCUT2D eigenvalue weighted by molar-refractivity contribution is 7.92. The Labute approximate surface area is 232 Å². The summed E-state index contributed by atoms with van der Waals surface area (Å²) in [5.74, 6) is -0.590. The summed E-state index contributed by atoms with van der Waals surface area (Å²) in [7, 11) is -3.99. The molecule has 0 aliphatic carbocycles. The summed E-state index contributed by atoms with van der Waals surface area (Å²) < 4.78 is 29.8. The molecule has 0 unspecified atom stereocenters. The Morgan fingerprint density at radius 2 is 1.66 bits per heavy atom. The zero-order valence-corrected chi connectivity index (χ0v) is 23.3. The molecule has 1 amide bonds. The summed E-state index contributed by atoms with van der Waals surface area (Å²) in [6.45, 7) is 5.28. The van der Waals surface area contributed by atoms with Gasteiger partial charge in [-0.05, 0) is 63.2 Å². The number of sulfonamides is 1. The van der Waals surface area contributed by atoms with Crippen LogP contribution in [0.25, 0.3) is 5.69 Å². The number of hydrazone groups is 1. The zero-order chi connectivity index (χ0) is 27.4. The molecule has 0 bridgehead atoms. The fourth-order valence-corrected chi connectivity index (χ4v) is 5.86. The van der Waals surface area contributed by atoms with Crippen molar-refractivity contribution in [3.05, 3.63) is 111 Å². The van der Waals surface area contributed by atoms with Gasteiger partial charge in [0.15, 0.2) is 0 Å². The number of aryl methyl sites for hydroxylation is 2. The zero-order valence-electron chi connectivity index (χ0n) is 21.0. The molecule has 0 aliphatic rings. The lowest BCUT2D eigenvalue weighted by Crippen LogP contribution is -2.39. The molecule has 0 spiro atoms. The van der Waals surface area contributed by atoms with Crippen molar-refractivity contribution >= 4 is 51.0 Å². The van der Waals surface area contributed by atoms with Crippen molar-refractivity contribution in [3.63, 3.8) is 0 Å². The Morgan fingerprint density at radius 1 is 0.974 bits per heavy atom. The number of nitrogens with one attached hydrogen (secondary N) is 1. The lowest BCUT2D eigenvalue weighted by atomic mass is 10.2. The van der Waals surface area contributed by atoms with Gasteiger partial charge in [-0.15, -0.1) is 0 Å². The smallest absolute Gasteiger partial charge is 0.264 e. The molecule has 3 aromatic carbocycles. The molecular weight excluding hydrogens is 543 g/mol. The molecule has 1 heterocycles. The number of aromatic nitrogens is 1. The first-order valence-corrected chi connectivity index (χ1v) is 13.9. The van der Waals surface area contributed by atoms with Crippen molar-refractivity contribution < 1.29 is 13.2 Å². The highest BCUT2D eigenvalue weighted by atomic mass is 35.5. The Morgan fingerprint density at radius 3 is 2.34 bits per heavy atom. The summed E-state index contributed by atoms with van der Waals surface area (Å²) in [5, 5.41) is 4.97. The molecule has 4 rings (SSSR count). The summed E-state index contributed by atoms with van der Waals surface area (Å²) in [6.07, 6.45) is 1.51. The van der Waals surface area contributed by atoms with E-state index in [1.807, 2.05) is 43.5 Å². The molecule has 4 aromatic rings. The number of halogens is 2. The highest BCUT2D eigenvalue weighted by Gasteiger charge is 2.27. The van der Waals surface area contributed by atoms with Gasteiger partial charge in [0.1, 0.15) is 6.54 Å². The van der Waals surface area contributed by atoms with Gasteiger partial charge >= 0.3 is 0 Å². The molecule has 0 saturated carbocycles. The minimum Gasteiger partial charge on any atom is -0.316 e. The van der Waals surface area contributed by atoms with Gasteiger partial charge in [-0.2, -0.15) is 5.10 Å². The molecule has 7 nitrogen and oxygen atoms in total. The second-order valence-electron chi connectivity index (χ2n) is 8.69. The van der Waals surface area contributed by atoms with Gasteiger partial charge in [-0.3, -0.25) is 9.10 Å². The fourth-order valence-electron chi connectivity index (χ4n) is 4.04. The summed E-state index contributed by atoms with van der Waals surface area (Å²) >= 11 is 12.6. The number of nitrogens with zero attached hydrogens (tertiary/aromatic N) is 3. The summed E-state index contributed by atoms with van der Waals surface area (Å²) in [4.78, 5) is 12.9. The van der Waals surface area contributed by atoms with Crippen LogP contribution in [0.15, 0.2) is 88.9 Å². The van der Waals surface area contributed by atoms with Crippen LogP contribution in [0, 0.1) is 20.8 Å². The third-order valence-corrected chi connectivity index (χ3v) is 8.57. The van der Waals surface area contributed by atoms with Crippen LogP contribution in [0.5, 0.6) is 0 Å². The van der Waals surface area contributed by atoms with Crippen LogP contribution < -0.4 is 9.73 Å². The van der Waals surface area contributed by atoms with Gasteiger partial charge in [0.05, 0.1) is 32.5 Å². The molecule has 0 fully saturated rings. The van der Waals surface area contributed by atoms with E-state index in [1.165, 1.54) is 18.3 Å². The van der Waals surface area contributed by atoms with E-state index in [2.05, 4.69) is 10.5 Å². The number of hydrogen-bond donors (Lipinski definition) is 1. The highest BCUT2D eigenvalue weighted by Crippen LogP contribution is 2.31. The molecule has 1 aromatic heterocycles. The van der Waals surface area contributed by atoms with Crippen molar-refractivity contribution in [1.82, 2.24) is 9.99 Å². The first kappa shape index (κ1) is 27.4. The number of hydrogen-bond acceptors (Lipinski definition) is 4. The Bertz CT molecular complexity index is 1600. The predicted octanol–water partition coefficient (Wildman–Crippen LogP) is 6.05. The van der Waals surface area contributed by atoms with Gasteiger partial charge < -0.3 is 4.57 Å². The summed E-state index contributed by atoms with van der Waals surface area (Å²) in [6, 6.07) is 22.2. The Hall–Kier alpha value is -3.59. The van der Waals surface area contributed by atoms with E-state index >= 15 is 0 Å². The molecule has 1 N–H and O–H groups in total. The third kappa shape index (κ3) is 5.78. The van der Waals surface area contributed by atoms with Crippen LogP contribution in [0.4, 0.5) is 5.69 Å². The Balaban J connectivity index is 1.56. The molecule has 38 heavy (non-hydrogen) atoms. The van der Waals surface area contributed by atoms with Crippen LogP contribution >= 0.6 is 23.2 Å². The van der Waals surface area contributed by atoms with Gasteiger partial charge in [0.25, 0.3) is 15.9 Å². The van der Waals surface area contributed by atoms with E-state index in [4.69, 9.17) is 23.2 Å². The van der Waals surface area contributed by atoms with Gasteiger partial charge in [-0.25, -0.2) is 13.8 Å². The van der Waals surface area contributed by atoms with E-state index < -0.39 is 22.5 Å². The van der Waals surface area contributed by atoms with Crippen LogP contribution in [0.2, 0.25) is 10.0 Å². The number of carbonyl (C=O) groups excluding carboxylic acids is 1. The molecule has 0 aliphatic heterocycles. The largest absolute Gasteiger partial charge is 0.316 e. The molecular formula is C28H26Cl2N4O3S. The standard InChI is InChI=1S/C28H26Cl2N4O3S/c1-19-12-14-23(15-13-19)33(38(36,37)24-8-5-4-6-9-24)18-27(35)32-31-17-22-16-20(2)34(21(22)3)26-11-7-10-25(29)28(26)30/h4-17H,18H2,1-3H3,(H,32,35)/b31-17+. The number of amides is 1. The lowest BCUT2D eigenvalue weighted by Gasteiger charge is -2.23. The van der Waals surface area contributed by atoms with Crippen LogP contribution in [0.3, 0.4) is 0 Å². The van der Waals surface area contributed by atoms with Crippen molar-refractivity contribution in [2.24, 2.45) is 5.10 Å². The van der Waals surface area contributed by atoms with Crippen LogP contribution in [-0.4, -0.2) is 31.7 Å². The quantitative estimate of drug-likeness (QED) is 0.207. The van der Waals surface area contributed by atoms with Crippen molar-refractivity contribution in [1.29, 1.82) is 0 Å². The van der Waals surface area contributed by atoms with Crippen molar-refractivity contribution in [2.75, 3.05) is 10.8 Å². The van der Waals surface area contributed by atoms with E-state index in [-0.39, 0.29) is 4.90 Å². The normalized spacial score (nSPS) is 11.6. The van der Waals surface area contributed by atoms with Crippen molar-refractivity contribution in [2.45, 2.75) is 25.7 Å². The number of benzene rings is 3. The molecule has 0 atom stereocenters. The first-order chi connectivity index (χ1) is 18.1. The maximum Gasteiger partial charge on any atom is 0.264 e. The average Bonchev–Trinajstić information content (AvgIpc) is 3.18. The van der Waals surface area contributed by atoms with E-state index in [0.717, 1.165) is 32.5 Å². The number of carbonyl (C=O) groups is 1. The minimum absolute atomic E-state index is 0.0870. The van der Waals surface area contributed by atoms with Crippen molar-refractivity contribution in [3.8, 4) is 5.69 Å². The first-order valence-electron chi connectivity index (χ1n) is 11.7. The van der Waals surface area contributed by atoms with Gasteiger partial charge in [-0.1, -0.05) is 65.2 Å². The minimum atomic E-state index is -3.99. The maximum absolute atomic E-state index is 13.4. The monoisotopic (exact) mass is 568 g/mol. The molecule has 10 heteroatoms. The molecule has 196 valence electrons. The Kier molecular flexibility index (Phi) is 8.26. The number of anilines is 1. The van der Waals surface area contributed by atoms with E-state index in [9.17, 15) is 13.2 Å². The van der Waals surface area contributed by atoms with E-state index in [0.29, 0.717) is 15.7 Å². The predicted molar refractivity (Wildman–Crippen MR) is 153 cm³/mol. The molecule has 0 radical (unpaired) electrons. The van der Waals surface area contributed by atoms with Crippen LogP contribution in [0.1, 0.15) is 22.5 Å². The van der Waals surface area contributed by atoms with E-state index in [1.54, 1.807) is 48.5 Å².